The maximum atomic E-state index is 12.1. The maximum absolute atomic E-state index is 12.1. The molecule has 0 bridgehead atoms. The molecule has 1 N–H and O–H groups in total. The zero-order chi connectivity index (χ0) is 14.8. The first-order valence-electron chi connectivity index (χ1n) is 7.46. The average molecular weight is 283 g/mol. The van der Waals surface area contributed by atoms with E-state index in [0.717, 1.165) is 29.9 Å². The largest absolute Gasteiger partial charge is 0.363 e. The number of H-pyrrole nitrogens is 1. The third-order valence-corrected chi connectivity index (χ3v) is 4.17. The molecule has 2 aromatic heterocycles. The van der Waals surface area contributed by atoms with Crippen LogP contribution in [0.15, 0.2) is 35.5 Å². The van der Waals surface area contributed by atoms with Crippen LogP contribution in [0.4, 0.5) is 0 Å². The van der Waals surface area contributed by atoms with Gasteiger partial charge in [0, 0.05) is 54.5 Å². The van der Waals surface area contributed by atoms with Gasteiger partial charge in [-0.25, -0.2) is 0 Å². The summed E-state index contributed by atoms with van der Waals surface area (Å²) in [5, 5.41) is 0. The Kier molecular flexibility index (Phi) is 3.88. The van der Waals surface area contributed by atoms with E-state index >= 15 is 0 Å². The third kappa shape index (κ3) is 3.22. The SMILES string of the molecule is Cc1c[nH]c(CN(Cc2ccncc2)C2CC2)c(C)c1=O. The molecule has 21 heavy (non-hydrogen) atoms. The van der Waals surface area contributed by atoms with Crippen LogP contribution in [0.3, 0.4) is 0 Å². The summed E-state index contributed by atoms with van der Waals surface area (Å²) in [5.41, 5.74) is 4.08. The summed E-state index contributed by atoms with van der Waals surface area (Å²) in [6.07, 6.45) is 7.99. The summed E-state index contributed by atoms with van der Waals surface area (Å²) >= 11 is 0. The van der Waals surface area contributed by atoms with Gasteiger partial charge in [-0.1, -0.05) is 0 Å². The van der Waals surface area contributed by atoms with Crippen molar-refractivity contribution in [3.63, 3.8) is 0 Å². The van der Waals surface area contributed by atoms with Crippen LogP contribution in [0.5, 0.6) is 0 Å². The molecule has 1 saturated carbocycles. The van der Waals surface area contributed by atoms with Gasteiger partial charge in [-0.2, -0.15) is 0 Å². The van der Waals surface area contributed by atoms with Crippen molar-refractivity contribution in [3.8, 4) is 0 Å². The zero-order valence-electron chi connectivity index (χ0n) is 12.6. The van der Waals surface area contributed by atoms with Crippen LogP contribution in [-0.4, -0.2) is 20.9 Å². The van der Waals surface area contributed by atoms with Crippen molar-refractivity contribution in [1.82, 2.24) is 14.9 Å². The van der Waals surface area contributed by atoms with Crippen molar-refractivity contribution in [2.24, 2.45) is 0 Å². The predicted molar refractivity (Wildman–Crippen MR) is 83.0 cm³/mol. The van der Waals surface area contributed by atoms with E-state index in [1.54, 1.807) is 0 Å². The Morgan fingerprint density at radius 1 is 1.24 bits per heavy atom. The van der Waals surface area contributed by atoms with E-state index in [9.17, 15) is 4.79 Å². The number of aromatic amines is 1. The first-order valence-corrected chi connectivity index (χ1v) is 7.46. The van der Waals surface area contributed by atoms with E-state index in [1.807, 2.05) is 32.4 Å². The van der Waals surface area contributed by atoms with Crippen molar-refractivity contribution >= 4 is 0 Å². The van der Waals surface area contributed by atoms with Gasteiger partial charge in [0.25, 0.3) is 0 Å². The quantitative estimate of drug-likeness (QED) is 0.917. The average Bonchev–Trinajstić information content (AvgIpc) is 3.33. The molecular weight excluding hydrogens is 262 g/mol. The van der Waals surface area contributed by atoms with Crippen LogP contribution in [0.1, 0.15) is 35.2 Å². The van der Waals surface area contributed by atoms with Gasteiger partial charge < -0.3 is 4.98 Å². The van der Waals surface area contributed by atoms with Crippen LogP contribution in [0.25, 0.3) is 0 Å². The predicted octanol–water partition coefficient (Wildman–Crippen LogP) is 2.55. The molecule has 0 spiro atoms. The van der Waals surface area contributed by atoms with Crippen molar-refractivity contribution < 1.29 is 0 Å². The first kappa shape index (κ1) is 14.0. The van der Waals surface area contributed by atoms with Crippen LogP contribution >= 0.6 is 0 Å². The molecule has 0 atom stereocenters. The number of hydrogen-bond donors (Lipinski definition) is 1. The van der Waals surface area contributed by atoms with Gasteiger partial charge in [-0.15, -0.1) is 0 Å². The van der Waals surface area contributed by atoms with Crippen LogP contribution < -0.4 is 5.43 Å². The molecule has 0 aromatic carbocycles. The Hall–Kier alpha value is -1.94. The molecule has 3 rings (SSSR count). The van der Waals surface area contributed by atoms with Gasteiger partial charge in [0.05, 0.1) is 0 Å². The lowest BCUT2D eigenvalue weighted by Gasteiger charge is -2.23. The van der Waals surface area contributed by atoms with Crippen LogP contribution in [0, 0.1) is 13.8 Å². The molecular formula is C17H21N3O. The molecule has 0 radical (unpaired) electrons. The molecule has 4 heteroatoms. The highest BCUT2D eigenvalue weighted by molar-refractivity contribution is 5.24. The Balaban J connectivity index is 1.80. The fraction of sp³-hybridized carbons (Fsp3) is 0.412. The van der Waals surface area contributed by atoms with E-state index in [-0.39, 0.29) is 5.43 Å². The van der Waals surface area contributed by atoms with E-state index in [1.165, 1.54) is 18.4 Å². The summed E-state index contributed by atoms with van der Waals surface area (Å²) < 4.78 is 0. The lowest BCUT2D eigenvalue weighted by atomic mass is 10.1. The number of rotatable bonds is 5. The zero-order valence-corrected chi connectivity index (χ0v) is 12.6. The highest BCUT2D eigenvalue weighted by Crippen LogP contribution is 2.29. The summed E-state index contributed by atoms with van der Waals surface area (Å²) in [5.74, 6) is 0. The van der Waals surface area contributed by atoms with Gasteiger partial charge >= 0.3 is 0 Å². The molecule has 1 aliphatic carbocycles. The number of aryl methyl sites for hydroxylation is 1. The maximum Gasteiger partial charge on any atom is 0.187 e. The van der Waals surface area contributed by atoms with Crippen LogP contribution in [-0.2, 0) is 13.1 Å². The van der Waals surface area contributed by atoms with Gasteiger partial charge in [0.15, 0.2) is 5.43 Å². The lowest BCUT2D eigenvalue weighted by molar-refractivity contribution is 0.242. The topological polar surface area (TPSA) is 49.0 Å². The van der Waals surface area contributed by atoms with Crippen molar-refractivity contribution in [1.29, 1.82) is 0 Å². The molecule has 0 unspecified atom stereocenters. The van der Waals surface area contributed by atoms with Crippen molar-refractivity contribution in [2.45, 2.75) is 45.8 Å². The van der Waals surface area contributed by atoms with Crippen molar-refractivity contribution in [3.05, 3.63) is 63.3 Å². The van der Waals surface area contributed by atoms with Gasteiger partial charge in [0.1, 0.15) is 0 Å². The smallest absolute Gasteiger partial charge is 0.187 e. The standard InChI is InChI=1S/C17H21N3O/c1-12-9-19-16(13(2)17(12)21)11-20(15-3-4-15)10-14-5-7-18-8-6-14/h5-9,15H,3-4,10-11H2,1-2H3,(H,19,21). The van der Waals surface area contributed by atoms with Gasteiger partial charge in [-0.05, 0) is 44.4 Å². The second-order valence-electron chi connectivity index (χ2n) is 5.90. The minimum atomic E-state index is 0.156. The van der Waals surface area contributed by atoms with E-state index in [4.69, 9.17) is 0 Å². The third-order valence-electron chi connectivity index (χ3n) is 4.17. The lowest BCUT2D eigenvalue weighted by Crippen LogP contribution is -2.27. The first-order chi connectivity index (χ1) is 10.1. The molecule has 0 aliphatic heterocycles. The Labute approximate surface area is 124 Å². The number of nitrogens with one attached hydrogen (secondary N) is 1. The second-order valence-corrected chi connectivity index (χ2v) is 5.90. The molecule has 0 amide bonds. The van der Waals surface area contributed by atoms with Gasteiger partial charge in [-0.3, -0.25) is 14.7 Å². The van der Waals surface area contributed by atoms with Crippen molar-refractivity contribution in [2.75, 3.05) is 0 Å². The van der Waals surface area contributed by atoms with Crippen LogP contribution in [0.2, 0.25) is 0 Å². The fourth-order valence-corrected chi connectivity index (χ4v) is 2.65. The minimum absolute atomic E-state index is 0.156. The number of pyridine rings is 2. The normalized spacial score (nSPS) is 14.6. The number of aromatic nitrogens is 2. The molecule has 0 saturated heterocycles. The monoisotopic (exact) mass is 283 g/mol. The summed E-state index contributed by atoms with van der Waals surface area (Å²) in [7, 11) is 0. The molecule has 1 aliphatic rings. The minimum Gasteiger partial charge on any atom is -0.363 e. The van der Waals surface area contributed by atoms with E-state index < -0.39 is 0 Å². The summed E-state index contributed by atoms with van der Waals surface area (Å²) in [4.78, 5) is 21.9. The highest BCUT2D eigenvalue weighted by atomic mass is 16.1. The molecule has 4 nitrogen and oxygen atoms in total. The van der Waals surface area contributed by atoms with Gasteiger partial charge in [0.2, 0.25) is 0 Å². The van der Waals surface area contributed by atoms with E-state index in [0.29, 0.717) is 6.04 Å². The Bertz CT molecular complexity index is 674. The summed E-state index contributed by atoms with van der Waals surface area (Å²) in [6, 6.07) is 4.75. The molecule has 2 aromatic rings. The highest BCUT2D eigenvalue weighted by Gasteiger charge is 2.29. The fourth-order valence-electron chi connectivity index (χ4n) is 2.65. The Morgan fingerprint density at radius 3 is 2.62 bits per heavy atom. The molecule has 2 heterocycles. The molecule has 1 fully saturated rings. The second kappa shape index (κ2) is 5.82. The summed E-state index contributed by atoms with van der Waals surface area (Å²) in [6.45, 7) is 5.47. The number of hydrogen-bond acceptors (Lipinski definition) is 3. The van der Waals surface area contributed by atoms with E-state index in [2.05, 4.69) is 27.0 Å². The number of nitrogens with zero attached hydrogens (tertiary/aromatic N) is 2. The molecule has 110 valence electrons. The Morgan fingerprint density at radius 2 is 1.95 bits per heavy atom.